The summed E-state index contributed by atoms with van der Waals surface area (Å²) in [5.41, 5.74) is 6.14. The number of fused-ring (bicyclic) bond motifs is 1. The van der Waals surface area contributed by atoms with Gasteiger partial charge in [0, 0.05) is 11.8 Å². The number of allylic oxidation sites excluding steroid dienone is 2. The van der Waals surface area contributed by atoms with Crippen molar-refractivity contribution in [3.8, 4) is 0 Å². The Morgan fingerprint density at radius 3 is 1.80 bits per heavy atom. The second kappa shape index (κ2) is 9.16. The Morgan fingerprint density at radius 1 is 0.714 bits per heavy atom. The zero-order chi connectivity index (χ0) is 23.7. The number of aromatic nitrogens is 3. The molecule has 2 aromatic heterocycles. The molecule has 172 valence electrons. The fourth-order valence-corrected chi connectivity index (χ4v) is 5.79. The normalized spacial score (nSPS) is 14.1. The van der Waals surface area contributed by atoms with Crippen LogP contribution in [0.3, 0.4) is 0 Å². The third-order valence-electron chi connectivity index (χ3n) is 7.11. The van der Waals surface area contributed by atoms with Crippen molar-refractivity contribution in [2.45, 2.75) is 31.2 Å². The molecule has 35 heavy (non-hydrogen) atoms. The Bertz CT molecular complexity index is 1390. The maximum atomic E-state index is 6.79. The topological polar surface area (TPSA) is 30.7 Å². The van der Waals surface area contributed by atoms with E-state index in [-0.39, 0.29) is 0 Å². The van der Waals surface area contributed by atoms with Crippen molar-refractivity contribution in [2.75, 3.05) is 0 Å². The molecule has 1 aliphatic carbocycles. The van der Waals surface area contributed by atoms with E-state index in [9.17, 15) is 0 Å². The van der Waals surface area contributed by atoms with Gasteiger partial charge in [-0.1, -0.05) is 109 Å². The molecule has 3 aromatic carbocycles. The summed E-state index contributed by atoms with van der Waals surface area (Å²) in [5, 5.41) is 1.42. The van der Waals surface area contributed by atoms with Crippen molar-refractivity contribution in [1.82, 2.24) is 14.5 Å². The van der Waals surface area contributed by atoms with Crippen LogP contribution in [0.1, 0.15) is 47.9 Å². The highest BCUT2D eigenvalue weighted by Gasteiger charge is 2.40. The Kier molecular flexibility index (Phi) is 5.71. The van der Waals surface area contributed by atoms with Crippen LogP contribution in [0.4, 0.5) is 0 Å². The van der Waals surface area contributed by atoms with Gasteiger partial charge in [0.2, 0.25) is 0 Å². The molecule has 0 spiro atoms. The average molecular weight is 476 g/mol. The summed E-state index contributed by atoms with van der Waals surface area (Å²) in [5.74, 6) is 0. The van der Waals surface area contributed by atoms with Crippen molar-refractivity contribution < 1.29 is 0 Å². The Labute approximate surface area is 210 Å². The summed E-state index contributed by atoms with van der Waals surface area (Å²) in [6.45, 7) is 0. The van der Waals surface area contributed by atoms with Gasteiger partial charge in [0.1, 0.15) is 22.7 Å². The lowest BCUT2D eigenvalue weighted by molar-refractivity contribution is 0.529. The number of hydrogen-bond donors (Lipinski definition) is 0. The summed E-state index contributed by atoms with van der Waals surface area (Å²) in [4.78, 5) is 9.23. The zero-order valence-corrected chi connectivity index (χ0v) is 20.2. The maximum absolute atomic E-state index is 6.79. The molecule has 0 fully saturated rings. The van der Waals surface area contributed by atoms with Gasteiger partial charge in [0.05, 0.1) is 5.39 Å². The van der Waals surface area contributed by atoms with E-state index in [2.05, 4.69) is 113 Å². The van der Waals surface area contributed by atoms with E-state index in [1.165, 1.54) is 18.4 Å². The first-order valence-electron chi connectivity index (χ1n) is 12.2. The Morgan fingerprint density at radius 2 is 1.29 bits per heavy atom. The molecular formula is C31H26ClN3. The molecule has 1 aliphatic rings. The van der Waals surface area contributed by atoms with Gasteiger partial charge in [-0.05, 0) is 47.9 Å². The van der Waals surface area contributed by atoms with Crippen LogP contribution in [0.2, 0.25) is 5.15 Å². The van der Waals surface area contributed by atoms with Gasteiger partial charge in [0.15, 0.2) is 0 Å². The van der Waals surface area contributed by atoms with E-state index in [0.29, 0.717) is 5.15 Å². The number of nitrogens with zero attached hydrogens (tertiary/aromatic N) is 3. The summed E-state index contributed by atoms with van der Waals surface area (Å²) in [7, 11) is 0. The van der Waals surface area contributed by atoms with Crippen molar-refractivity contribution in [3.63, 3.8) is 0 Å². The summed E-state index contributed by atoms with van der Waals surface area (Å²) >= 11 is 6.79. The van der Waals surface area contributed by atoms with Crippen molar-refractivity contribution >= 4 is 28.2 Å². The lowest BCUT2D eigenvalue weighted by atomic mass is 9.76. The number of benzene rings is 3. The summed E-state index contributed by atoms with van der Waals surface area (Å²) in [6.07, 6.45) is 10.7. The van der Waals surface area contributed by atoms with Crippen molar-refractivity contribution in [3.05, 3.63) is 137 Å². The molecular weight excluding hydrogens is 450 g/mol. The van der Waals surface area contributed by atoms with E-state index in [1.807, 2.05) is 0 Å². The molecule has 0 radical (unpaired) electrons. The van der Waals surface area contributed by atoms with Crippen LogP contribution in [0.25, 0.3) is 16.6 Å². The predicted octanol–water partition coefficient (Wildman–Crippen LogP) is 7.88. The van der Waals surface area contributed by atoms with E-state index in [4.69, 9.17) is 16.6 Å². The first kappa shape index (κ1) is 21.8. The molecule has 5 aromatic rings. The van der Waals surface area contributed by atoms with Crippen LogP contribution >= 0.6 is 11.6 Å². The molecule has 0 unspecified atom stereocenters. The molecule has 0 saturated carbocycles. The third-order valence-corrected chi connectivity index (χ3v) is 7.40. The monoisotopic (exact) mass is 475 g/mol. The zero-order valence-electron chi connectivity index (χ0n) is 19.4. The minimum atomic E-state index is -0.646. The standard InChI is InChI=1S/C31H26ClN3/c32-29-28-27(23-13-5-1-6-14-23)21-35(30(28)34-22-33-29)31(24-15-7-2-8-16-24,25-17-9-3-10-18-25)26-19-11-4-12-20-26/h2-4,7-13,15-22H,1,5-6,14H2. The Balaban J connectivity index is 1.78. The molecule has 0 amide bonds. The second-order valence-corrected chi connectivity index (χ2v) is 9.42. The number of rotatable bonds is 5. The largest absolute Gasteiger partial charge is 0.313 e. The van der Waals surface area contributed by atoms with Gasteiger partial charge in [-0.25, -0.2) is 9.97 Å². The highest BCUT2D eigenvalue weighted by molar-refractivity contribution is 6.34. The minimum Gasteiger partial charge on any atom is -0.313 e. The molecule has 0 N–H and O–H groups in total. The van der Waals surface area contributed by atoms with Gasteiger partial charge >= 0.3 is 0 Å². The van der Waals surface area contributed by atoms with E-state index in [1.54, 1.807) is 6.33 Å². The Hall–Kier alpha value is -3.69. The van der Waals surface area contributed by atoms with Gasteiger partial charge < -0.3 is 4.57 Å². The van der Waals surface area contributed by atoms with E-state index < -0.39 is 5.54 Å². The van der Waals surface area contributed by atoms with Gasteiger partial charge in [-0.2, -0.15) is 0 Å². The molecule has 2 heterocycles. The second-order valence-electron chi connectivity index (χ2n) is 9.06. The smallest absolute Gasteiger partial charge is 0.146 e. The first-order valence-corrected chi connectivity index (χ1v) is 12.6. The quantitative estimate of drug-likeness (QED) is 0.191. The molecule has 0 bridgehead atoms. The molecule has 4 heteroatoms. The molecule has 3 nitrogen and oxygen atoms in total. The lowest BCUT2D eigenvalue weighted by Gasteiger charge is -2.38. The summed E-state index contributed by atoms with van der Waals surface area (Å²) in [6, 6.07) is 32.0. The van der Waals surface area contributed by atoms with Crippen LogP contribution in [0.15, 0.2) is 110 Å². The van der Waals surface area contributed by atoms with Crippen molar-refractivity contribution in [2.24, 2.45) is 0 Å². The molecule has 0 atom stereocenters. The van der Waals surface area contributed by atoms with Crippen LogP contribution in [-0.4, -0.2) is 14.5 Å². The van der Waals surface area contributed by atoms with Crippen LogP contribution in [-0.2, 0) is 5.54 Å². The fourth-order valence-electron chi connectivity index (χ4n) is 5.56. The van der Waals surface area contributed by atoms with Crippen molar-refractivity contribution in [1.29, 1.82) is 0 Å². The minimum absolute atomic E-state index is 0.498. The van der Waals surface area contributed by atoms with Crippen LogP contribution in [0, 0.1) is 0 Å². The SMILES string of the molecule is Clc1ncnc2c1c(C1=CCCCC1)cn2C(c1ccccc1)(c1ccccc1)c1ccccc1. The maximum Gasteiger partial charge on any atom is 0.146 e. The highest BCUT2D eigenvalue weighted by Crippen LogP contribution is 2.45. The van der Waals surface area contributed by atoms with Gasteiger partial charge in [0.25, 0.3) is 0 Å². The van der Waals surface area contributed by atoms with Gasteiger partial charge in [-0.3, -0.25) is 0 Å². The van der Waals surface area contributed by atoms with E-state index in [0.717, 1.165) is 46.1 Å². The summed E-state index contributed by atoms with van der Waals surface area (Å²) < 4.78 is 2.32. The molecule has 0 aliphatic heterocycles. The highest BCUT2D eigenvalue weighted by atomic mass is 35.5. The number of halogens is 1. The third kappa shape index (κ3) is 3.59. The van der Waals surface area contributed by atoms with Crippen LogP contribution in [0.5, 0.6) is 0 Å². The predicted molar refractivity (Wildman–Crippen MR) is 144 cm³/mol. The fraction of sp³-hybridized carbons (Fsp3) is 0.161. The molecule has 6 rings (SSSR count). The lowest BCUT2D eigenvalue weighted by Crippen LogP contribution is -2.37. The van der Waals surface area contributed by atoms with Gasteiger partial charge in [-0.15, -0.1) is 0 Å². The average Bonchev–Trinajstić information content (AvgIpc) is 3.33. The number of hydrogen-bond acceptors (Lipinski definition) is 2. The first-order chi connectivity index (χ1) is 17.3. The molecule has 0 saturated heterocycles. The van der Waals surface area contributed by atoms with Crippen LogP contribution < -0.4 is 0 Å². The van der Waals surface area contributed by atoms with E-state index >= 15 is 0 Å².